The Kier molecular flexibility index (Phi) is 23.1. The molecule has 13 heteroatoms. The number of carbonyl (C=O) groups excluding carboxylic acids is 1. The molecule has 0 saturated heterocycles. The normalized spacial score (nSPS) is 17.1. The molecule has 0 N–H and O–H groups in total. The number of nitrogens with zero attached hydrogens (tertiary/aromatic N) is 1. The van der Waals surface area contributed by atoms with E-state index in [1.807, 2.05) is 0 Å². The third-order valence-electron chi connectivity index (χ3n) is 16.0. The summed E-state index contributed by atoms with van der Waals surface area (Å²) in [5, 5.41) is -0.114. The average Bonchev–Trinajstić information content (AvgIpc) is 3.54. The number of aromatic nitrogens is 1. The fraction of sp³-hybridized carbons (Fsp3) is 0.818. The molecule has 394 valence electrons. The number of carbonyl (C=O) groups is 1. The van der Waals surface area contributed by atoms with Crippen LogP contribution < -0.4 is 0 Å². The predicted molar refractivity (Wildman–Crippen MR) is 304 cm³/mol. The SMILES string of the molecule is CC(=CCC(O[Si](C)(C)C(C)(C)C)C(F)=Cc1coc(C)n1)CCCC(C)C(O[Si](C)(C)C(C)(C)C)C(CC#C[Si](C)(C)C)C(=O)C(C)(C)C(CCO[Si](C)(C)C(C)(C)C)O[Si](C)(C)C(C)(C)C. The van der Waals surface area contributed by atoms with E-state index in [1.165, 1.54) is 17.9 Å². The van der Waals surface area contributed by atoms with Gasteiger partial charge in [-0.1, -0.05) is 135 Å². The monoisotopic (exact) mass is 1040 g/mol. The van der Waals surface area contributed by atoms with Gasteiger partial charge in [-0.25, -0.2) is 9.37 Å². The smallest absolute Gasteiger partial charge is 0.193 e. The van der Waals surface area contributed by atoms with Crippen molar-refractivity contribution in [3.8, 4) is 11.5 Å². The first kappa shape index (κ1) is 64.8. The highest BCUT2D eigenvalue weighted by molar-refractivity contribution is 6.83. The van der Waals surface area contributed by atoms with Crippen LogP contribution in [0.25, 0.3) is 6.08 Å². The van der Waals surface area contributed by atoms with Crippen molar-refractivity contribution < 1.29 is 31.3 Å². The lowest BCUT2D eigenvalue weighted by Gasteiger charge is -2.47. The number of aryl methyl sites for hydroxylation is 1. The Morgan fingerprint density at radius 3 is 1.69 bits per heavy atom. The van der Waals surface area contributed by atoms with Gasteiger partial charge in [-0.05, 0) is 117 Å². The molecule has 68 heavy (non-hydrogen) atoms. The fourth-order valence-corrected chi connectivity index (χ4v) is 12.9. The lowest BCUT2D eigenvalue weighted by atomic mass is 9.71. The number of rotatable bonds is 24. The summed E-state index contributed by atoms with van der Waals surface area (Å²) >= 11 is 0. The van der Waals surface area contributed by atoms with Gasteiger partial charge in [0.25, 0.3) is 0 Å². The molecule has 0 bridgehead atoms. The molecule has 5 unspecified atom stereocenters. The maximum absolute atomic E-state index is 16.1. The van der Waals surface area contributed by atoms with Crippen LogP contribution in [0.3, 0.4) is 0 Å². The van der Waals surface area contributed by atoms with Crippen LogP contribution >= 0.6 is 0 Å². The van der Waals surface area contributed by atoms with E-state index in [9.17, 15) is 0 Å². The Morgan fingerprint density at radius 1 is 0.750 bits per heavy atom. The quantitative estimate of drug-likeness (QED) is 0.0580. The third-order valence-corrected chi connectivity index (χ3v) is 34.9. The molecule has 0 spiro atoms. The van der Waals surface area contributed by atoms with E-state index >= 15 is 9.18 Å². The average molecular weight is 1040 g/mol. The first-order valence-corrected chi connectivity index (χ1v) is 41.0. The zero-order chi connectivity index (χ0) is 53.5. The van der Waals surface area contributed by atoms with Crippen molar-refractivity contribution in [1.82, 2.24) is 4.98 Å². The van der Waals surface area contributed by atoms with E-state index in [4.69, 9.17) is 22.1 Å². The van der Waals surface area contributed by atoms with E-state index in [2.05, 4.69) is 205 Å². The van der Waals surface area contributed by atoms with Crippen LogP contribution in [0.1, 0.15) is 161 Å². The molecule has 1 heterocycles. The van der Waals surface area contributed by atoms with Crippen LogP contribution in [0.5, 0.6) is 0 Å². The minimum Gasteiger partial charge on any atom is -0.449 e. The van der Waals surface area contributed by atoms with Crippen molar-refractivity contribution in [2.75, 3.05) is 6.61 Å². The lowest BCUT2D eigenvalue weighted by Crippen LogP contribution is -2.55. The zero-order valence-corrected chi connectivity index (χ0v) is 54.3. The molecule has 5 atom stereocenters. The maximum Gasteiger partial charge on any atom is 0.193 e. The predicted octanol–water partition coefficient (Wildman–Crippen LogP) is 17.5. The summed E-state index contributed by atoms with van der Waals surface area (Å²) in [5.74, 6) is 3.54. The number of Topliss-reactive ketones (excluding diaryl/α,β-unsaturated/α-hetero) is 1. The van der Waals surface area contributed by atoms with Crippen LogP contribution in [-0.2, 0) is 22.5 Å². The maximum atomic E-state index is 16.1. The van der Waals surface area contributed by atoms with Gasteiger partial charge >= 0.3 is 0 Å². The molecular formula is C55H106FNO6Si5. The van der Waals surface area contributed by atoms with Crippen LogP contribution in [0.4, 0.5) is 4.39 Å². The molecular weight excluding hydrogens is 930 g/mol. The highest BCUT2D eigenvalue weighted by Crippen LogP contribution is 2.46. The Balaban J connectivity index is 3.80. The molecule has 0 aliphatic heterocycles. The summed E-state index contributed by atoms with van der Waals surface area (Å²) in [6.07, 6.45) is 7.79. The second kappa shape index (κ2) is 24.2. The van der Waals surface area contributed by atoms with Crippen molar-refractivity contribution in [2.24, 2.45) is 17.3 Å². The van der Waals surface area contributed by atoms with Crippen molar-refractivity contribution >= 4 is 53.2 Å². The van der Waals surface area contributed by atoms with Gasteiger partial charge in [-0.15, -0.1) is 11.5 Å². The Labute approximate surface area is 424 Å². The molecule has 0 aromatic carbocycles. The van der Waals surface area contributed by atoms with E-state index in [0.717, 1.165) is 19.3 Å². The Morgan fingerprint density at radius 2 is 1.24 bits per heavy atom. The van der Waals surface area contributed by atoms with Crippen molar-refractivity contribution in [3.05, 3.63) is 35.3 Å². The van der Waals surface area contributed by atoms with Gasteiger partial charge in [0.1, 0.15) is 37.7 Å². The van der Waals surface area contributed by atoms with Gasteiger partial charge in [-0.2, -0.15) is 0 Å². The van der Waals surface area contributed by atoms with E-state index in [1.54, 1.807) is 6.92 Å². The lowest BCUT2D eigenvalue weighted by molar-refractivity contribution is -0.141. The van der Waals surface area contributed by atoms with Gasteiger partial charge < -0.3 is 22.1 Å². The standard InChI is InChI=1S/C55H106FNO6Si5/c1-41(34-35-47(61-66(23,24)52(7,8)9)46(56)39-44-40-59-43(3)57-44)31-29-32-42(2)49(63-68(27,28)54(13,14)15)45(33-30-38-64(18,19)20)50(58)55(16,17)48(62-67(25,26)53(10,11)12)36-37-60-65(21,22)51(4,5)6/h34,39-40,42,45,47-49H,29,31-33,35-37H2,1-28H3. The van der Waals surface area contributed by atoms with Crippen molar-refractivity contribution in [2.45, 2.75) is 267 Å². The van der Waals surface area contributed by atoms with E-state index in [0.29, 0.717) is 37.5 Å². The molecule has 1 rings (SSSR count). The second-order valence-corrected chi connectivity index (χ2v) is 51.7. The topological polar surface area (TPSA) is 80.0 Å². The zero-order valence-electron chi connectivity index (χ0n) is 49.3. The summed E-state index contributed by atoms with van der Waals surface area (Å²) in [5.41, 5.74) is 4.42. The van der Waals surface area contributed by atoms with Crippen LogP contribution in [0.2, 0.25) is 92.2 Å². The molecule has 0 radical (unpaired) electrons. The molecule has 0 saturated carbocycles. The minimum atomic E-state index is -2.39. The summed E-state index contributed by atoms with van der Waals surface area (Å²) in [7, 11) is -10.8. The number of halogens is 1. The first-order chi connectivity index (χ1) is 30.2. The molecule has 0 aliphatic rings. The second-order valence-electron chi connectivity index (χ2n) is 27.9. The Hall–Kier alpha value is -1.23. The summed E-state index contributed by atoms with van der Waals surface area (Å²) in [6.45, 7) is 62.8. The largest absolute Gasteiger partial charge is 0.449 e. The first-order valence-electron chi connectivity index (χ1n) is 25.9. The molecule has 1 aromatic heterocycles. The minimum absolute atomic E-state index is 0.0392. The van der Waals surface area contributed by atoms with Crippen molar-refractivity contribution in [3.63, 3.8) is 0 Å². The van der Waals surface area contributed by atoms with Crippen LogP contribution in [0, 0.1) is 35.6 Å². The molecule has 7 nitrogen and oxygen atoms in total. The number of oxazole rings is 1. The van der Waals surface area contributed by atoms with Gasteiger partial charge in [0, 0.05) is 31.4 Å². The number of allylic oxidation sites excluding steroid dienone is 1. The van der Waals surface area contributed by atoms with Gasteiger partial charge in [-0.3, -0.25) is 4.79 Å². The van der Waals surface area contributed by atoms with Gasteiger partial charge in [0.15, 0.2) is 39.2 Å². The highest BCUT2D eigenvalue weighted by Gasteiger charge is 2.51. The van der Waals surface area contributed by atoms with E-state index < -0.39 is 58.8 Å². The third kappa shape index (κ3) is 19.7. The number of hydrogen-bond acceptors (Lipinski definition) is 7. The molecule has 0 aliphatic carbocycles. The summed E-state index contributed by atoms with van der Waals surface area (Å²) in [6, 6.07) is 0. The number of ketones is 1. The van der Waals surface area contributed by atoms with E-state index in [-0.39, 0.29) is 49.9 Å². The summed E-state index contributed by atoms with van der Waals surface area (Å²) in [4.78, 5) is 20.2. The highest BCUT2D eigenvalue weighted by atomic mass is 28.4. The Bertz CT molecular complexity index is 1890. The molecule has 0 fully saturated rings. The van der Waals surface area contributed by atoms with Crippen molar-refractivity contribution in [1.29, 1.82) is 0 Å². The fourth-order valence-electron chi connectivity index (χ4n) is 6.98. The van der Waals surface area contributed by atoms with Crippen LogP contribution in [-0.4, -0.2) is 77.0 Å². The number of hydrogen-bond donors (Lipinski definition) is 0. The van der Waals surface area contributed by atoms with Gasteiger partial charge in [0.05, 0.1) is 18.1 Å². The summed E-state index contributed by atoms with van der Waals surface area (Å²) < 4.78 is 49.9. The molecule has 0 amide bonds. The van der Waals surface area contributed by atoms with Crippen LogP contribution in [0.15, 0.2) is 28.2 Å². The molecule has 1 aromatic rings. The van der Waals surface area contributed by atoms with Gasteiger partial charge in [0.2, 0.25) is 0 Å².